The lowest BCUT2D eigenvalue weighted by Crippen LogP contribution is -2.22. The largest absolute Gasteiger partial charge is 0.497 e. The third-order valence-corrected chi connectivity index (χ3v) is 6.25. The number of nitrogens with zero attached hydrogens (tertiary/aromatic N) is 1. The van der Waals surface area contributed by atoms with E-state index in [-0.39, 0.29) is 23.7 Å². The van der Waals surface area contributed by atoms with Crippen molar-refractivity contribution >= 4 is 28.3 Å². The summed E-state index contributed by atoms with van der Waals surface area (Å²) in [6, 6.07) is 22.9. The number of benzene rings is 3. The summed E-state index contributed by atoms with van der Waals surface area (Å²) in [6.07, 6.45) is 4.36. The van der Waals surface area contributed by atoms with Gasteiger partial charge < -0.3 is 15.4 Å². The Kier molecular flexibility index (Phi) is 5.95. The topological polar surface area (TPSA) is 80.3 Å². The van der Waals surface area contributed by atoms with Gasteiger partial charge in [0.15, 0.2) is 0 Å². The Hall–Kier alpha value is -4.19. The summed E-state index contributed by atoms with van der Waals surface area (Å²) in [7, 11) is 1.62. The molecule has 4 aromatic rings. The zero-order valence-corrected chi connectivity index (χ0v) is 18.8. The van der Waals surface area contributed by atoms with Gasteiger partial charge in [0.05, 0.1) is 7.11 Å². The van der Waals surface area contributed by atoms with Crippen LogP contribution in [0.3, 0.4) is 0 Å². The first-order valence-corrected chi connectivity index (χ1v) is 11.3. The third-order valence-electron chi connectivity index (χ3n) is 6.25. The predicted molar refractivity (Wildman–Crippen MR) is 132 cm³/mol. The number of ether oxygens (including phenoxy) is 1. The first kappa shape index (κ1) is 21.6. The van der Waals surface area contributed by atoms with Crippen molar-refractivity contribution in [2.45, 2.75) is 18.9 Å². The van der Waals surface area contributed by atoms with E-state index < -0.39 is 0 Å². The second kappa shape index (κ2) is 9.35. The first-order valence-electron chi connectivity index (χ1n) is 11.3. The predicted octanol–water partition coefficient (Wildman–Crippen LogP) is 4.92. The van der Waals surface area contributed by atoms with Gasteiger partial charge in [-0.25, -0.2) is 0 Å². The smallest absolute Gasteiger partial charge is 0.251 e. The number of hydrogen-bond donors (Lipinski definition) is 2. The van der Waals surface area contributed by atoms with E-state index in [2.05, 4.69) is 15.6 Å². The van der Waals surface area contributed by atoms with Gasteiger partial charge in [-0.05, 0) is 71.3 Å². The minimum Gasteiger partial charge on any atom is -0.497 e. The molecule has 1 aromatic heterocycles. The lowest BCUT2D eigenvalue weighted by Gasteiger charge is -2.08. The molecule has 1 unspecified atom stereocenters. The second-order valence-electron chi connectivity index (χ2n) is 8.53. The molecule has 2 atom stereocenters. The van der Waals surface area contributed by atoms with Crippen LogP contribution in [0.2, 0.25) is 0 Å². The molecule has 0 saturated heterocycles. The Morgan fingerprint density at radius 1 is 0.971 bits per heavy atom. The normalized spacial score (nSPS) is 16.6. The average molecular weight is 452 g/mol. The fourth-order valence-corrected chi connectivity index (χ4v) is 4.16. The zero-order chi connectivity index (χ0) is 23.5. The quantitative estimate of drug-likeness (QED) is 0.418. The van der Waals surface area contributed by atoms with Crippen LogP contribution in [-0.4, -0.2) is 23.9 Å². The molecule has 0 bridgehead atoms. The number of carbonyl (C=O) groups is 2. The number of nitrogens with one attached hydrogen (secondary N) is 2. The van der Waals surface area contributed by atoms with Crippen molar-refractivity contribution in [3.63, 3.8) is 0 Å². The number of anilines is 1. The van der Waals surface area contributed by atoms with Gasteiger partial charge in [-0.3, -0.25) is 14.6 Å². The van der Waals surface area contributed by atoms with Crippen molar-refractivity contribution in [1.29, 1.82) is 0 Å². The Bertz CT molecular complexity index is 1330. The molecule has 6 heteroatoms. The van der Waals surface area contributed by atoms with Gasteiger partial charge in [-0.1, -0.05) is 30.3 Å². The summed E-state index contributed by atoms with van der Waals surface area (Å²) in [4.78, 5) is 29.4. The Morgan fingerprint density at radius 3 is 2.53 bits per heavy atom. The van der Waals surface area contributed by atoms with Crippen LogP contribution in [0.5, 0.6) is 5.75 Å². The van der Waals surface area contributed by atoms with Crippen molar-refractivity contribution in [2.24, 2.45) is 5.92 Å². The molecule has 3 aromatic carbocycles. The molecule has 1 fully saturated rings. The van der Waals surface area contributed by atoms with E-state index in [1.807, 2.05) is 72.8 Å². The van der Waals surface area contributed by atoms with E-state index >= 15 is 0 Å². The Morgan fingerprint density at radius 2 is 1.76 bits per heavy atom. The van der Waals surface area contributed by atoms with Crippen molar-refractivity contribution in [1.82, 2.24) is 10.3 Å². The van der Waals surface area contributed by atoms with Crippen LogP contribution in [0.4, 0.5) is 5.69 Å². The van der Waals surface area contributed by atoms with Gasteiger partial charge >= 0.3 is 0 Å². The third kappa shape index (κ3) is 4.76. The summed E-state index contributed by atoms with van der Waals surface area (Å²) >= 11 is 0. The lowest BCUT2D eigenvalue weighted by molar-refractivity contribution is -0.117. The summed E-state index contributed by atoms with van der Waals surface area (Å²) in [5, 5.41) is 8.05. The summed E-state index contributed by atoms with van der Waals surface area (Å²) < 4.78 is 5.15. The highest BCUT2D eigenvalue weighted by Gasteiger charge is 2.43. The molecule has 34 heavy (non-hydrogen) atoms. The summed E-state index contributed by atoms with van der Waals surface area (Å²) in [5.74, 6) is 0.815. The average Bonchev–Trinajstić information content (AvgIpc) is 3.69. The van der Waals surface area contributed by atoms with Gasteiger partial charge in [-0.2, -0.15) is 0 Å². The number of aromatic nitrogens is 1. The van der Waals surface area contributed by atoms with E-state index in [1.54, 1.807) is 19.5 Å². The van der Waals surface area contributed by atoms with Crippen LogP contribution in [0.25, 0.3) is 10.8 Å². The maximum Gasteiger partial charge on any atom is 0.251 e. The maximum absolute atomic E-state index is 12.7. The molecule has 0 radical (unpaired) electrons. The van der Waals surface area contributed by atoms with E-state index in [0.29, 0.717) is 12.1 Å². The number of hydrogen-bond acceptors (Lipinski definition) is 4. The number of amides is 2. The van der Waals surface area contributed by atoms with Gasteiger partial charge in [0.25, 0.3) is 5.91 Å². The number of rotatable bonds is 7. The molecule has 1 saturated carbocycles. The molecular weight excluding hydrogens is 426 g/mol. The number of pyridine rings is 1. The fourth-order valence-electron chi connectivity index (χ4n) is 4.16. The SMILES string of the molecule is COc1ccc(CNC(=O)c2ccc(C3C[C@H]3C(=O)Nc3ccc4cnccc4c3)cc2)cc1. The molecule has 2 N–H and O–H groups in total. The standard InChI is InChI=1S/C28H25N3O3/c1-34-24-10-2-18(3-11-24)16-30-27(32)20-6-4-19(5-7-20)25-15-26(25)28(33)31-23-9-8-22-17-29-13-12-21(22)14-23/h2-14,17,25-26H,15-16H2,1H3,(H,30,32)(H,31,33)/t25?,26-/m1/s1. The molecule has 1 aliphatic carbocycles. The molecule has 1 heterocycles. The molecule has 5 rings (SSSR count). The van der Waals surface area contributed by atoms with Gasteiger partial charge in [0.2, 0.25) is 5.91 Å². The second-order valence-corrected chi connectivity index (χ2v) is 8.53. The van der Waals surface area contributed by atoms with Crippen LogP contribution >= 0.6 is 0 Å². The van der Waals surface area contributed by atoms with Crippen LogP contribution in [0, 0.1) is 5.92 Å². The number of methoxy groups -OCH3 is 1. The van der Waals surface area contributed by atoms with Crippen molar-refractivity contribution in [2.75, 3.05) is 12.4 Å². The molecule has 0 spiro atoms. The highest BCUT2D eigenvalue weighted by atomic mass is 16.5. The van der Waals surface area contributed by atoms with Gasteiger partial charge in [-0.15, -0.1) is 0 Å². The van der Waals surface area contributed by atoms with E-state index in [4.69, 9.17) is 4.74 Å². The van der Waals surface area contributed by atoms with Crippen LogP contribution < -0.4 is 15.4 Å². The fraction of sp³-hybridized carbons (Fsp3) is 0.179. The highest BCUT2D eigenvalue weighted by Crippen LogP contribution is 2.48. The van der Waals surface area contributed by atoms with Gasteiger partial charge in [0.1, 0.15) is 5.75 Å². The van der Waals surface area contributed by atoms with E-state index in [1.165, 1.54) is 0 Å². The maximum atomic E-state index is 12.7. The zero-order valence-electron chi connectivity index (χ0n) is 18.8. The summed E-state index contributed by atoms with van der Waals surface area (Å²) in [5.41, 5.74) is 3.47. The Labute approximate surface area is 198 Å². The minimum atomic E-state index is -0.126. The number of carbonyl (C=O) groups excluding carboxylic acids is 2. The molecule has 0 aliphatic heterocycles. The lowest BCUT2D eigenvalue weighted by atomic mass is 10.1. The first-order chi connectivity index (χ1) is 16.6. The number of fused-ring (bicyclic) bond motifs is 1. The molecule has 170 valence electrons. The van der Waals surface area contributed by atoms with Gasteiger partial charge in [0, 0.05) is 41.5 Å². The van der Waals surface area contributed by atoms with E-state index in [9.17, 15) is 9.59 Å². The Balaban J connectivity index is 1.15. The van der Waals surface area contributed by atoms with Crippen LogP contribution in [0.1, 0.15) is 33.8 Å². The van der Waals surface area contributed by atoms with Crippen molar-refractivity contribution in [3.8, 4) is 5.75 Å². The van der Waals surface area contributed by atoms with Crippen molar-refractivity contribution < 1.29 is 14.3 Å². The minimum absolute atomic E-state index is 0.0275. The van der Waals surface area contributed by atoms with E-state index in [0.717, 1.165) is 39.8 Å². The monoisotopic (exact) mass is 451 g/mol. The molecule has 6 nitrogen and oxygen atoms in total. The summed E-state index contributed by atoms with van der Waals surface area (Å²) in [6.45, 7) is 0.445. The van der Waals surface area contributed by atoms with Crippen LogP contribution in [0.15, 0.2) is 85.2 Å². The molecule has 1 aliphatic rings. The van der Waals surface area contributed by atoms with Crippen molar-refractivity contribution in [3.05, 3.63) is 102 Å². The highest BCUT2D eigenvalue weighted by molar-refractivity contribution is 5.97. The van der Waals surface area contributed by atoms with Crippen LogP contribution in [-0.2, 0) is 11.3 Å². The molecular formula is C28H25N3O3. The molecule has 2 amide bonds.